The van der Waals surface area contributed by atoms with Gasteiger partial charge < -0.3 is 19.7 Å². The van der Waals surface area contributed by atoms with Gasteiger partial charge in [0, 0.05) is 12.1 Å². The third-order valence-corrected chi connectivity index (χ3v) is 4.62. The Kier molecular flexibility index (Phi) is 8.06. The molecule has 25 heavy (non-hydrogen) atoms. The maximum atomic E-state index is 12.3. The topological polar surface area (TPSA) is 50.8 Å². The number of rotatable bonds is 9. The summed E-state index contributed by atoms with van der Waals surface area (Å²) in [7, 11) is 0. The van der Waals surface area contributed by atoms with Gasteiger partial charge in [0.05, 0.1) is 13.2 Å². The molecule has 0 bridgehead atoms. The minimum atomic E-state index is -0.0590. The van der Waals surface area contributed by atoms with E-state index in [1.807, 2.05) is 13.8 Å². The number of likely N-dealkylation sites (tertiary alicyclic amines) is 1. The van der Waals surface area contributed by atoms with Gasteiger partial charge in [0.2, 0.25) is 0 Å². The van der Waals surface area contributed by atoms with Gasteiger partial charge in [0.25, 0.3) is 5.91 Å². The van der Waals surface area contributed by atoms with Crippen molar-refractivity contribution in [2.45, 2.75) is 40.0 Å². The number of amides is 1. The minimum absolute atomic E-state index is 0.0590. The van der Waals surface area contributed by atoms with Crippen molar-refractivity contribution in [2.24, 2.45) is 5.92 Å². The van der Waals surface area contributed by atoms with Crippen molar-refractivity contribution in [3.05, 3.63) is 23.8 Å². The first-order valence-corrected chi connectivity index (χ1v) is 9.54. The Hall–Kier alpha value is -1.75. The molecule has 1 amide bonds. The third kappa shape index (κ3) is 6.24. The van der Waals surface area contributed by atoms with E-state index in [9.17, 15) is 4.79 Å². The highest BCUT2D eigenvalue weighted by Crippen LogP contribution is 2.28. The van der Waals surface area contributed by atoms with Crippen LogP contribution in [0, 0.1) is 5.92 Å². The van der Waals surface area contributed by atoms with E-state index in [1.165, 1.54) is 25.9 Å². The van der Waals surface area contributed by atoms with Crippen LogP contribution in [0.15, 0.2) is 18.2 Å². The van der Waals surface area contributed by atoms with E-state index < -0.39 is 0 Å². The number of ether oxygens (including phenoxy) is 2. The molecule has 1 N–H and O–H groups in total. The van der Waals surface area contributed by atoms with E-state index in [0.29, 0.717) is 36.8 Å². The van der Waals surface area contributed by atoms with Crippen molar-refractivity contribution in [1.29, 1.82) is 0 Å². The fourth-order valence-electron chi connectivity index (χ4n) is 3.08. The molecule has 1 fully saturated rings. The Bertz CT molecular complexity index is 540. The molecule has 1 saturated heterocycles. The summed E-state index contributed by atoms with van der Waals surface area (Å²) in [6.45, 7) is 11.4. The Labute approximate surface area is 151 Å². The standard InChI is InChI=1S/C20H32N2O3/c1-4-24-18-8-7-17(15-19(18)25-5-2)20(23)21-11-6-12-22-13-9-16(3)10-14-22/h7-8,15-16H,4-6,9-14H2,1-3H3,(H,21,23). The lowest BCUT2D eigenvalue weighted by molar-refractivity contribution is 0.0950. The number of benzene rings is 1. The number of hydrogen-bond acceptors (Lipinski definition) is 4. The first-order chi connectivity index (χ1) is 12.1. The zero-order valence-electron chi connectivity index (χ0n) is 15.8. The monoisotopic (exact) mass is 348 g/mol. The van der Waals surface area contributed by atoms with E-state index in [4.69, 9.17) is 9.47 Å². The minimum Gasteiger partial charge on any atom is -0.490 e. The van der Waals surface area contributed by atoms with Gasteiger partial charge in [-0.1, -0.05) is 6.92 Å². The molecule has 1 heterocycles. The summed E-state index contributed by atoms with van der Waals surface area (Å²) in [6, 6.07) is 5.35. The fourth-order valence-corrected chi connectivity index (χ4v) is 3.08. The average molecular weight is 348 g/mol. The highest BCUT2D eigenvalue weighted by molar-refractivity contribution is 5.94. The molecule has 1 aromatic rings. The van der Waals surface area contributed by atoms with E-state index >= 15 is 0 Å². The number of piperidine rings is 1. The molecule has 1 aromatic carbocycles. The van der Waals surface area contributed by atoms with Crippen LogP contribution in [-0.2, 0) is 0 Å². The Morgan fingerprint density at radius 2 is 1.84 bits per heavy atom. The second-order valence-electron chi connectivity index (χ2n) is 6.66. The van der Waals surface area contributed by atoms with Gasteiger partial charge in [-0.3, -0.25) is 4.79 Å². The molecule has 2 rings (SSSR count). The van der Waals surface area contributed by atoms with E-state index in [2.05, 4.69) is 17.1 Å². The molecule has 0 atom stereocenters. The lowest BCUT2D eigenvalue weighted by atomic mass is 9.99. The third-order valence-electron chi connectivity index (χ3n) is 4.62. The Morgan fingerprint density at radius 3 is 2.52 bits per heavy atom. The highest BCUT2D eigenvalue weighted by Gasteiger charge is 2.15. The van der Waals surface area contributed by atoms with Gasteiger partial charge in [-0.2, -0.15) is 0 Å². The van der Waals surface area contributed by atoms with Gasteiger partial charge >= 0.3 is 0 Å². The summed E-state index contributed by atoms with van der Waals surface area (Å²) in [4.78, 5) is 14.8. The Balaban J connectivity index is 1.79. The summed E-state index contributed by atoms with van der Waals surface area (Å²) in [5.74, 6) is 2.10. The van der Waals surface area contributed by atoms with Crippen molar-refractivity contribution < 1.29 is 14.3 Å². The molecule has 0 spiro atoms. The van der Waals surface area contributed by atoms with Gasteiger partial charge in [-0.15, -0.1) is 0 Å². The molecule has 5 heteroatoms. The fraction of sp³-hybridized carbons (Fsp3) is 0.650. The summed E-state index contributed by atoms with van der Waals surface area (Å²) in [5.41, 5.74) is 0.610. The van der Waals surface area contributed by atoms with Crippen LogP contribution in [0.1, 0.15) is 50.4 Å². The molecule has 0 radical (unpaired) electrons. The van der Waals surface area contributed by atoms with Crippen molar-refractivity contribution in [1.82, 2.24) is 10.2 Å². The molecule has 0 aromatic heterocycles. The van der Waals surface area contributed by atoms with Gasteiger partial charge in [0.1, 0.15) is 0 Å². The highest BCUT2D eigenvalue weighted by atomic mass is 16.5. The van der Waals surface area contributed by atoms with Crippen LogP contribution in [0.4, 0.5) is 0 Å². The number of nitrogens with zero attached hydrogens (tertiary/aromatic N) is 1. The average Bonchev–Trinajstić information content (AvgIpc) is 2.62. The molecule has 1 aliphatic rings. The zero-order chi connectivity index (χ0) is 18.1. The van der Waals surface area contributed by atoms with Crippen LogP contribution in [0.5, 0.6) is 11.5 Å². The predicted octanol–water partition coefficient (Wildman–Crippen LogP) is 3.34. The maximum Gasteiger partial charge on any atom is 0.251 e. The van der Waals surface area contributed by atoms with Gasteiger partial charge in [-0.05, 0) is 76.9 Å². The van der Waals surface area contributed by atoms with Crippen LogP contribution in [0.3, 0.4) is 0 Å². The molecule has 5 nitrogen and oxygen atoms in total. The second-order valence-corrected chi connectivity index (χ2v) is 6.66. The van der Waals surface area contributed by atoms with Crippen LogP contribution in [0.25, 0.3) is 0 Å². The summed E-state index contributed by atoms with van der Waals surface area (Å²) < 4.78 is 11.1. The lowest BCUT2D eigenvalue weighted by Gasteiger charge is -2.30. The largest absolute Gasteiger partial charge is 0.490 e. The van der Waals surface area contributed by atoms with Gasteiger partial charge in [0.15, 0.2) is 11.5 Å². The number of nitrogens with one attached hydrogen (secondary N) is 1. The molecule has 1 aliphatic heterocycles. The van der Waals surface area contributed by atoms with Gasteiger partial charge in [-0.25, -0.2) is 0 Å². The molecule has 140 valence electrons. The van der Waals surface area contributed by atoms with E-state index in [1.54, 1.807) is 18.2 Å². The first kappa shape index (κ1) is 19.6. The van der Waals surface area contributed by atoms with Crippen molar-refractivity contribution in [3.63, 3.8) is 0 Å². The van der Waals surface area contributed by atoms with Crippen molar-refractivity contribution in [2.75, 3.05) is 39.4 Å². The number of carbonyl (C=O) groups excluding carboxylic acids is 1. The number of carbonyl (C=O) groups is 1. The molecular formula is C20H32N2O3. The smallest absolute Gasteiger partial charge is 0.251 e. The molecule has 0 saturated carbocycles. The molecule has 0 aliphatic carbocycles. The molecular weight excluding hydrogens is 316 g/mol. The summed E-state index contributed by atoms with van der Waals surface area (Å²) in [5, 5.41) is 3.01. The van der Waals surface area contributed by atoms with E-state index in [0.717, 1.165) is 18.9 Å². The Morgan fingerprint density at radius 1 is 1.16 bits per heavy atom. The zero-order valence-corrected chi connectivity index (χ0v) is 15.8. The summed E-state index contributed by atoms with van der Waals surface area (Å²) in [6.07, 6.45) is 3.56. The van der Waals surface area contributed by atoms with Crippen molar-refractivity contribution >= 4 is 5.91 Å². The van der Waals surface area contributed by atoms with Crippen LogP contribution in [-0.4, -0.2) is 50.2 Å². The maximum absolute atomic E-state index is 12.3. The quantitative estimate of drug-likeness (QED) is 0.696. The lowest BCUT2D eigenvalue weighted by Crippen LogP contribution is -2.35. The van der Waals surface area contributed by atoms with Crippen LogP contribution >= 0.6 is 0 Å². The molecule has 0 unspecified atom stereocenters. The van der Waals surface area contributed by atoms with Crippen LogP contribution in [0.2, 0.25) is 0 Å². The predicted molar refractivity (Wildman–Crippen MR) is 101 cm³/mol. The SMILES string of the molecule is CCOc1ccc(C(=O)NCCCN2CCC(C)CC2)cc1OCC. The van der Waals surface area contributed by atoms with E-state index in [-0.39, 0.29) is 5.91 Å². The second kappa shape index (κ2) is 10.3. The normalized spacial score (nSPS) is 15.8. The van der Waals surface area contributed by atoms with Crippen molar-refractivity contribution in [3.8, 4) is 11.5 Å². The first-order valence-electron chi connectivity index (χ1n) is 9.54. The van der Waals surface area contributed by atoms with Crippen LogP contribution < -0.4 is 14.8 Å². The summed E-state index contributed by atoms with van der Waals surface area (Å²) >= 11 is 0. The number of hydrogen-bond donors (Lipinski definition) is 1.